The van der Waals surface area contributed by atoms with Gasteiger partial charge in [0, 0.05) is 18.0 Å². The predicted molar refractivity (Wildman–Crippen MR) is 94.1 cm³/mol. The number of halogens is 1. The number of ether oxygens (including phenoxy) is 3. The second-order valence-corrected chi connectivity index (χ2v) is 6.32. The van der Waals surface area contributed by atoms with E-state index in [1.165, 1.54) is 7.11 Å². The average molecular weight is 368 g/mol. The summed E-state index contributed by atoms with van der Waals surface area (Å²) in [4.78, 5) is 16.3. The number of rotatable bonds is 7. The van der Waals surface area contributed by atoms with Crippen molar-refractivity contribution in [2.45, 2.75) is 17.6 Å². The Morgan fingerprint density at radius 2 is 2.04 bits per heavy atom. The number of nitrogens with zero attached hydrogens (tertiary/aromatic N) is 1. The summed E-state index contributed by atoms with van der Waals surface area (Å²) in [6, 6.07) is 7.46. The molecular formula is C17H18ClNO4S. The molecule has 24 heavy (non-hydrogen) atoms. The highest BCUT2D eigenvalue weighted by atomic mass is 35.5. The molecular weight excluding hydrogens is 350 g/mol. The number of carbonyl (C=O) groups excluding carboxylic acids is 1. The van der Waals surface area contributed by atoms with E-state index < -0.39 is 5.97 Å². The second kappa shape index (κ2) is 8.80. The van der Waals surface area contributed by atoms with Gasteiger partial charge in [0.1, 0.15) is 16.7 Å². The Bertz CT molecular complexity index is 706. The molecule has 0 unspecified atom stereocenters. The maximum absolute atomic E-state index is 11.2. The molecule has 2 rings (SSSR count). The molecule has 0 atom stereocenters. The maximum atomic E-state index is 11.2. The van der Waals surface area contributed by atoms with Crippen LogP contribution in [0.15, 0.2) is 35.4 Å². The number of pyridine rings is 1. The zero-order chi connectivity index (χ0) is 17.5. The summed E-state index contributed by atoms with van der Waals surface area (Å²) in [5, 5.41) is 0.476. The lowest BCUT2D eigenvalue weighted by molar-refractivity contribution is -0.142. The lowest BCUT2D eigenvalue weighted by Gasteiger charge is -2.14. The van der Waals surface area contributed by atoms with E-state index in [2.05, 4.69) is 9.72 Å². The molecule has 0 saturated heterocycles. The summed E-state index contributed by atoms with van der Waals surface area (Å²) in [6.07, 6.45) is 1.75. The van der Waals surface area contributed by atoms with Crippen molar-refractivity contribution < 1.29 is 19.0 Å². The molecule has 5 nitrogen and oxygen atoms in total. The number of esters is 1. The van der Waals surface area contributed by atoms with Gasteiger partial charge in [0.15, 0.2) is 6.61 Å². The van der Waals surface area contributed by atoms with Crippen LogP contribution in [0, 0.1) is 6.92 Å². The predicted octanol–water partition coefficient (Wildman–Crippen LogP) is 3.90. The normalized spacial score (nSPS) is 10.3. The summed E-state index contributed by atoms with van der Waals surface area (Å²) in [7, 11) is 2.92. The topological polar surface area (TPSA) is 57.7 Å². The fourth-order valence-electron chi connectivity index (χ4n) is 1.92. The van der Waals surface area contributed by atoms with E-state index in [9.17, 15) is 4.79 Å². The van der Waals surface area contributed by atoms with E-state index in [0.717, 1.165) is 21.8 Å². The Morgan fingerprint density at radius 3 is 2.67 bits per heavy atom. The van der Waals surface area contributed by atoms with E-state index in [1.54, 1.807) is 37.2 Å². The van der Waals surface area contributed by atoms with Crippen LogP contribution in [0.5, 0.6) is 11.5 Å². The number of benzene rings is 1. The number of methoxy groups -OCH3 is 2. The number of thioether (sulfide) groups is 1. The zero-order valence-corrected chi connectivity index (χ0v) is 15.2. The SMILES string of the molecule is COC(=O)COc1cc(OC)c(SCc2ccc(Cl)nc2)cc1C. The molecule has 1 aromatic carbocycles. The summed E-state index contributed by atoms with van der Waals surface area (Å²) in [5.74, 6) is 1.59. The van der Waals surface area contributed by atoms with E-state index in [4.69, 9.17) is 21.1 Å². The number of aryl methyl sites for hydroxylation is 1. The van der Waals surface area contributed by atoms with Gasteiger partial charge in [-0.15, -0.1) is 11.8 Å². The monoisotopic (exact) mass is 367 g/mol. The van der Waals surface area contributed by atoms with Gasteiger partial charge in [0.25, 0.3) is 0 Å². The highest BCUT2D eigenvalue weighted by Gasteiger charge is 2.12. The van der Waals surface area contributed by atoms with Crippen molar-refractivity contribution in [1.82, 2.24) is 4.98 Å². The Kier molecular flexibility index (Phi) is 6.75. The minimum absolute atomic E-state index is 0.135. The Balaban J connectivity index is 2.10. The maximum Gasteiger partial charge on any atom is 0.343 e. The van der Waals surface area contributed by atoms with Gasteiger partial charge in [-0.2, -0.15) is 0 Å². The van der Waals surface area contributed by atoms with Gasteiger partial charge in [-0.25, -0.2) is 9.78 Å². The van der Waals surface area contributed by atoms with Crippen LogP contribution in [0.1, 0.15) is 11.1 Å². The van der Waals surface area contributed by atoms with Gasteiger partial charge < -0.3 is 14.2 Å². The quantitative estimate of drug-likeness (QED) is 0.420. The molecule has 0 spiro atoms. The van der Waals surface area contributed by atoms with Crippen molar-refractivity contribution in [2.75, 3.05) is 20.8 Å². The van der Waals surface area contributed by atoms with Crippen LogP contribution in [0.4, 0.5) is 0 Å². The third-order valence-corrected chi connectivity index (χ3v) is 4.55. The highest BCUT2D eigenvalue weighted by molar-refractivity contribution is 7.98. The second-order valence-electron chi connectivity index (χ2n) is 4.91. The molecule has 0 fully saturated rings. The van der Waals surface area contributed by atoms with Crippen LogP contribution in [-0.4, -0.2) is 31.8 Å². The molecule has 0 amide bonds. The van der Waals surface area contributed by atoms with Crippen LogP contribution >= 0.6 is 23.4 Å². The lowest BCUT2D eigenvalue weighted by Crippen LogP contribution is -2.13. The third-order valence-electron chi connectivity index (χ3n) is 3.22. The van der Waals surface area contributed by atoms with Crippen molar-refractivity contribution >= 4 is 29.3 Å². The molecule has 0 aliphatic rings. The van der Waals surface area contributed by atoms with Crippen LogP contribution in [0.25, 0.3) is 0 Å². The van der Waals surface area contributed by atoms with Gasteiger partial charge in [-0.05, 0) is 30.2 Å². The Labute approximate surface area is 150 Å². The van der Waals surface area contributed by atoms with E-state index in [-0.39, 0.29) is 6.61 Å². The van der Waals surface area contributed by atoms with Gasteiger partial charge in [0.05, 0.1) is 19.1 Å². The molecule has 0 saturated carbocycles. The van der Waals surface area contributed by atoms with Gasteiger partial charge in [0.2, 0.25) is 0 Å². The number of carbonyl (C=O) groups is 1. The molecule has 0 aliphatic carbocycles. The highest BCUT2D eigenvalue weighted by Crippen LogP contribution is 2.36. The summed E-state index contributed by atoms with van der Waals surface area (Å²) in [5.41, 5.74) is 1.98. The van der Waals surface area contributed by atoms with Crippen LogP contribution < -0.4 is 9.47 Å². The molecule has 1 heterocycles. The first kappa shape index (κ1) is 18.4. The summed E-state index contributed by atoms with van der Waals surface area (Å²) >= 11 is 7.42. The van der Waals surface area contributed by atoms with E-state index >= 15 is 0 Å². The van der Waals surface area contributed by atoms with Crippen LogP contribution in [0.3, 0.4) is 0 Å². The van der Waals surface area contributed by atoms with E-state index in [0.29, 0.717) is 16.7 Å². The molecule has 128 valence electrons. The zero-order valence-electron chi connectivity index (χ0n) is 13.7. The van der Waals surface area contributed by atoms with E-state index in [1.807, 2.05) is 19.1 Å². The van der Waals surface area contributed by atoms with Crippen molar-refractivity contribution in [1.29, 1.82) is 0 Å². The van der Waals surface area contributed by atoms with Gasteiger partial charge >= 0.3 is 5.97 Å². The van der Waals surface area contributed by atoms with Gasteiger partial charge in [-0.3, -0.25) is 0 Å². The van der Waals surface area contributed by atoms with Crippen molar-refractivity contribution in [2.24, 2.45) is 0 Å². The molecule has 0 N–H and O–H groups in total. The first-order valence-electron chi connectivity index (χ1n) is 7.15. The molecule has 1 aromatic heterocycles. The first-order chi connectivity index (χ1) is 11.5. The molecule has 7 heteroatoms. The Morgan fingerprint density at radius 1 is 1.25 bits per heavy atom. The fraction of sp³-hybridized carbons (Fsp3) is 0.294. The molecule has 2 aromatic rings. The van der Waals surface area contributed by atoms with Crippen molar-refractivity contribution in [3.63, 3.8) is 0 Å². The number of hydrogen-bond donors (Lipinski definition) is 0. The first-order valence-corrected chi connectivity index (χ1v) is 8.51. The average Bonchev–Trinajstić information content (AvgIpc) is 2.60. The minimum atomic E-state index is -0.429. The summed E-state index contributed by atoms with van der Waals surface area (Å²) < 4.78 is 15.5. The minimum Gasteiger partial charge on any atom is -0.495 e. The standard InChI is InChI=1S/C17H18ClNO4S/c1-11-6-15(24-10-12-4-5-16(18)19-8-12)14(21-2)7-13(11)23-9-17(20)22-3/h4-8H,9-10H2,1-3H3. The molecule has 0 aliphatic heterocycles. The lowest BCUT2D eigenvalue weighted by atomic mass is 10.2. The van der Waals surface area contributed by atoms with Crippen LogP contribution in [-0.2, 0) is 15.3 Å². The largest absolute Gasteiger partial charge is 0.495 e. The molecule has 0 radical (unpaired) electrons. The third kappa shape index (κ3) is 5.04. The summed E-state index contributed by atoms with van der Waals surface area (Å²) in [6.45, 7) is 1.78. The van der Waals surface area contributed by atoms with Crippen LogP contribution in [0.2, 0.25) is 5.15 Å². The molecule has 0 bridgehead atoms. The van der Waals surface area contributed by atoms with Gasteiger partial charge in [-0.1, -0.05) is 17.7 Å². The Hall–Kier alpha value is -1.92. The fourth-order valence-corrected chi connectivity index (χ4v) is 3.07. The number of hydrogen-bond acceptors (Lipinski definition) is 6. The smallest absolute Gasteiger partial charge is 0.343 e. The van der Waals surface area contributed by atoms with Crippen molar-refractivity contribution in [3.05, 3.63) is 46.7 Å². The van der Waals surface area contributed by atoms with Crippen molar-refractivity contribution in [3.8, 4) is 11.5 Å². The number of aromatic nitrogens is 1.